The Morgan fingerprint density at radius 3 is 2.94 bits per heavy atom. The number of nitrogens with zero attached hydrogens (tertiary/aromatic N) is 2. The number of hydrazine groups is 1. The van der Waals surface area contributed by atoms with Crippen LogP contribution in [0.2, 0.25) is 0 Å². The molecule has 5 heteroatoms. The lowest BCUT2D eigenvalue weighted by Crippen LogP contribution is -2.25. The largest absolute Gasteiger partial charge is 0.367 e. The van der Waals surface area contributed by atoms with Crippen LogP contribution in [-0.2, 0) is 0 Å². The molecule has 2 rings (SSSR count). The van der Waals surface area contributed by atoms with Crippen molar-refractivity contribution in [3.63, 3.8) is 0 Å². The van der Waals surface area contributed by atoms with E-state index in [1.807, 2.05) is 6.07 Å². The molecule has 1 aromatic rings. The lowest BCUT2D eigenvalue weighted by Gasteiger charge is -2.21. The molecule has 3 unspecified atom stereocenters. The third-order valence-corrected chi connectivity index (χ3v) is 3.87. The van der Waals surface area contributed by atoms with Crippen LogP contribution in [0.1, 0.15) is 33.1 Å². The minimum absolute atomic E-state index is 0.452. The number of hydrogen-bond donors (Lipinski definition) is 3. The van der Waals surface area contributed by atoms with Gasteiger partial charge in [0.15, 0.2) is 0 Å². The quantitative estimate of drug-likeness (QED) is 0.549. The highest BCUT2D eigenvalue weighted by Gasteiger charge is 2.31. The van der Waals surface area contributed by atoms with Crippen LogP contribution < -0.4 is 16.6 Å². The van der Waals surface area contributed by atoms with Crippen LogP contribution in [-0.4, -0.2) is 16.0 Å². The van der Waals surface area contributed by atoms with Gasteiger partial charge in [-0.05, 0) is 30.7 Å². The predicted octanol–water partition coefficient (Wildman–Crippen LogP) is 2.00. The second-order valence-electron chi connectivity index (χ2n) is 4.77. The maximum atomic E-state index is 5.29. The van der Waals surface area contributed by atoms with Crippen molar-refractivity contribution in [3.8, 4) is 0 Å². The predicted molar refractivity (Wildman–Crippen MR) is 69.4 cm³/mol. The smallest absolute Gasteiger partial charge is 0.239 e. The van der Waals surface area contributed by atoms with Gasteiger partial charge in [-0.2, -0.15) is 4.98 Å². The molecular formula is C12H21N5. The Balaban J connectivity index is 2.01. The molecule has 1 aliphatic carbocycles. The van der Waals surface area contributed by atoms with E-state index < -0.39 is 0 Å². The van der Waals surface area contributed by atoms with E-state index in [1.54, 1.807) is 6.20 Å². The Kier molecular flexibility index (Phi) is 3.78. The van der Waals surface area contributed by atoms with Gasteiger partial charge in [-0.1, -0.05) is 20.3 Å². The zero-order chi connectivity index (χ0) is 12.3. The standard InChI is InChI=1S/C12H21N5/c1-3-9-4-5-10(8(9)2)15-11-6-7-14-12(16-11)17-13/h6-10H,3-5,13H2,1-2H3,(H2,14,15,16,17). The molecule has 0 radical (unpaired) electrons. The minimum Gasteiger partial charge on any atom is -0.367 e. The van der Waals surface area contributed by atoms with Crippen LogP contribution in [0.3, 0.4) is 0 Å². The monoisotopic (exact) mass is 235 g/mol. The zero-order valence-electron chi connectivity index (χ0n) is 10.5. The average Bonchev–Trinajstić information content (AvgIpc) is 2.71. The summed E-state index contributed by atoms with van der Waals surface area (Å²) in [6.45, 7) is 4.59. The highest BCUT2D eigenvalue weighted by atomic mass is 15.3. The first-order valence-corrected chi connectivity index (χ1v) is 6.30. The molecule has 1 aromatic heterocycles. The molecular weight excluding hydrogens is 214 g/mol. The van der Waals surface area contributed by atoms with Crippen molar-refractivity contribution >= 4 is 11.8 Å². The molecule has 0 spiro atoms. The van der Waals surface area contributed by atoms with Gasteiger partial charge in [0.25, 0.3) is 0 Å². The van der Waals surface area contributed by atoms with Crippen molar-refractivity contribution in [2.75, 3.05) is 10.7 Å². The van der Waals surface area contributed by atoms with Gasteiger partial charge in [-0.25, -0.2) is 10.8 Å². The van der Waals surface area contributed by atoms with Crippen molar-refractivity contribution in [1.82, 2.24) is 9.97 Å². The van der Waals surface area contributed by atoms with Crippen LogP contribution in [0.4, 0.5) is 11.8 Å². The number of nitrogens with one attached hydrogen (secondary N) is 2. The van der Waals surface area contributed by atoms with Gasteiger partial charge in [-0.3, -0.25) is 5.43 Å². The summed E-state index contributed by atoms with van der Waals surface area (Å²) in [6, 6.07) is 2.40. The van der Waals surface area contributed by atoms with Crippen molar-refractivity contribution < 1.29 is 0 Å². The molecule has 3 atom stereocenters. The van der Waals surface area contributed by atoms with E-state index in [1.165, 1.54) is 19.3 Å². The molecule has 1 fully saturated rings. The summed E-state index contributed by atoms with van der Waals surface area (Å²) in [5, 5.41) is 3.48. The van der Waals surface area contributed by atoms with Crippen LogP contribution in [0.5, 0.6) is 0 Å². The van der Waals surface area contributed by atoms with Crippen molar-refractivity contribution in [3.05, 3.63) is 12.3 Å². The maximum Gasteiger partial charge on any atom is 0.239 e. The summed E-state index contributed by atoms with van der Waals surface area (Å²) in [7, 11) is 0. The average molecular weight is 235 g/mol. The van der Waals surface area contributed by atoms with Gasteiger partial charge in [0.1, 0.15) is 5.82 Å². The Morgan fingerprint density at radius 1 is 1.47 bits per heavy atom. The Bertz CT molecular complexity index is 368. The van der Waals surface area contributed by atoms with E-state index in [0.29, 0.717) is 17.9 Å². The van der Waals surface area contributed by atoms with E-state index in [9.17, 15) is 0 Å². The Hall–Kier alpha value is -1.36. The van der Waals surface area contributed by atoms with Crippen LogP contribution in [0, 0.1) is 11.8 Å². The second kappa shape index (κ2) is 5.31. The molecule has 1 saturated carbocycles. The first-order valence-electron chi connectivity index (χ1n) is 6.30. The fourth-order valence-corrected chi connectivity index (χ4v) is 2.73. The minimum atomic E-state index is 0.452. The number of nitrogen functional groups attached to an aromatic ring is 1. The van der Waals surface area contributed by atoms with E-state index in [-0.39, 0.29) is 0 Å². The molecule has 0 aromatic carbocycles. The molecule has 4 N–H and O–H groups in total. The van der Waals surface area contributed by atoms with E-state index in [0.717, 1.165) is 11.7 Å². The SMILES string of the molecule is CCC1CCC(Nc2ccnc(NN)n2)C1C. The van der Waals surface area contributed by atoms with Gasteiger partial charge in [0, 0.05) is 12.2 Å². The van der Waals surface area contributed by atoms with Crippen molar-refractivity contribution in [2.45, 2.75) is 39.2 Å². The summed E-state index contributed by atoms with van der Waals surface area (Å²) < 4.78 is 0. The van der Waals surface area contributed by atoms with Crippen molar-refractivity contribution in [1.29, 1.82) is 0 Å². The number of rotatable bonds is 4. The lowest BCUT2D eigenvalue weighted by molar-refractivity contribution is 0.391. The van der Waals surface area contributed by atoms with Gasteiger partial charge < -0.3 is 5.32 Å². The Labute approximate surface area is 102 Å². The van der Waals surface area contributed by atoms with Crippen molar-refractivity contribution in [2.24, 2.45) is 17.7 Å². The molecule has 0 bridgehead atoms. The number of hydrogen-bond acceptors (Lipinski definition) is 5. The Morgan fingerprint density at radius 2 is 2.29 bits per heavy atom. The first kappa shape index (κ1) is 12.1. The van der Waals surface area contributed by atoms with Crippen LogP contribution >= 0.6 is 0 Å². The molecule has 1 heterocycles. The molecule has 1 aliphatic rings. The van der Waals surface area contributed by atoms with Gasteiger partial charge in [0.2, 0.25) is 5.95 Å². The van der Waals surface area contributed by atoms with Crippen LogP contribution in [0.15, 0.2) is 12.3 Å². The van der Waals surface area contributed by atoms with Crippen LogP contribution in [0.25, 0.3) is 0 Å². The zero-order valence-corrected chi connectivity index (χ0v) is 10.5. The molecule has 94 valence electrons. The number of anilines is 2. The van der Waals surface area contributed by atoms with Gasteiger partial charge in [-0.15, -0.1) is 0 Å². The number of nitrogens with two attached hydrogens (primary N) is 1. The third-order valence-electron chi connectivity index (χ3n) is 3.87. The first-order chi connectivity index (χ1) is 8.24. The number of aromatic nitrogens is 2. The highest BCUT2D eigenvalue weighted by molar-refractivity contribution is 5.40. The third kappa shape index (κ3) is 2.66. The summed E-state index contributed by atoms with van der Waals surface area (Å²) >= 11 is 0. The molecule has 0 amide bonds. The van der Waals surface area contributed by atoms with E-state index >= 15 is 0 Å². The van der Waals surface area contributed by atoms with E-state index in [4.69, 9.17) is 5.84 Å². The fourth-order valence-electron chi connectivity index (χ4n) is 2.73. The summed E-state index contributed by atoms with van der Waals surface area (Å²) in [5.41, 5.74) is 2.46. The van der Waals surface area contributed by atoms with Gasteiger partial charge in [0.05, 0.1) is 0 Å². The summed E-state index contributed by atoms with van der Waals surface area (Å²) in [5.74, 6) is 8.13. The second-order valence-corrected chi connectivity index (χ2v) is 4.77. The molecule has 17 heavy (non-hydrogen) atoms. The highest BCUT2D eigenvalue weighted by Crippen LogP contribution is 2.35. The summed E-state index contributed by atoms with van der Waals surface area (Å²) in [4.78, 5) is 8.28. The molecule has 0 aliphatic heterocycles. The molecule has 5 nitrogen and oxygen atoms in total. The maximum absolute atomic E-state index is 5.29. The topological polar surface area (TPSA) is 75.9 Å². The summed E-state index contributed by atoms with van der Waals surface area (Å²) in [6.07, 6.45) is 5.50. The van der Waals surface area contributed by atoms with Gasteiger partial charge >= 0.3 is 0 Å². The van der Waals surface area contributed by atoms with E-state index in [2.05, 4.69) is 34.6 Å². The lowest BCUT2D eigenvalue weighted by atomic mass is 9.93. The fraction of sp³-hybridized carbons (Fsp3) is 0.667. The molecule has 0 saturated heterocycles. The normalized spacial score (nSPS) is 28.1.